The van der Waals surface area contributed by atoms with Crippen molar-refractivity contribution in [2.45, 2.75) is 6.54 Å². The smallest absolute Gasteiger partial charge is 0.0812 e. The number of fused-ring (bicyclic) bond motifs is 3. The number of nitrogens with one attached hydrogen (secondary N) is 1. The quantitative estimate of drug-likeness (QED) is 0.666. The molecule has 1 aliphatic rings. The second-order valence-corrected chi connectivity index (χ2v) is 3.32. The summed E-state index contributed by atoms with van der Waals surface area (Å²) in [5.74, 6) is 0. The zero-order chi connectivity index (χ0) is 9.38. The number of aliphatic imine (C=N–C) groups is 1. The largest absolute Gasteiger partial charge is 0.286 e. The summed E-state index contributed by atoms with van der Waals surface area (Å²) in [7, 11) is 0. The van der Waals surface area contributed by atoms with Gasteiger partial charge in [-0.05, 0) is 5.56 Å². The average Bonchev–Trinajstić information content (AvgIpc) is 2.61. The van der Waals surface area contributed by atoms with Gasteiger partial charge in [-0.1, -0.05) is 24.3 Å². The van der Waals surface area contributed by atoms with E-state index in [0.717, 1.165) is 16.8 Å². The molecule has 68 valence electrons. The van der Waals surface area contributed by atoms with Crippen LogP contribution in [0.5, 0.6) is 0 Å². The van der Waals surface area contributed by atoms with Gasteiger partial charge in [0.15, 0.2) is 0 Å². The van der Waals surface area contributed by atoms with E-state index in [4.69, 9.17) is 0 Å². The van der Waals surface area contributed by atoms with Crippen LogP contribution in [0.25, 0.3) is 11.1 Å². The van der Waals surface area contributed by atoms with Crippen LogP contribution < -0.4 is 0 Å². The fourth-order valence-corrected chi connectivity index (χ4v) is 1.76. The Morgan fingerprint density at radius 2 is 2.07 bits per heavy atom. The molecule has 2 heterocycles. The highest BCUT2D eigenvalue weighted by Gasteiger charge is 2.12. The van der Waals surface area contributed by atoms with Gasteiger partial charge in [0.1, 0.15) is 0 Å². The Kier molecular flexibility index (Phi) is 1.50. The Hall–Kier alpha value is -1.90. The standard InChI is InChI=1S/C11H9N3/c1-2-4-9-8(3-1)5-12-7-11-10(9)6-13-14-11/h1-6H,7H2,(H,13,14). The summed E-state index contributed by atoms with van der Waals surface area (Å²) in [6.45, 7) is 0.685. The predicted molar refractivity (Wildman–Crippen MR) is 55.3 cm³/mol. The predicted octanol–water partition coefficient (Wildman–Crippen LogP) is 2.01. The van der Waals surface area contributed by atoms with Crippen LogP contribution in [-0.2, 0) is 6.54 Å². The van der Waals surface area contributed by atoms with Crippen molar-refractivity contribution in [3.63, 3.8) is 0 Å². The Morgan fingerprint density at radius 1 is 1.14 bits per heavy atom. The Bertz CT molecular complexity index is 497. The van der Waals surface area contributed by atoms with Gasteiger partial charge >= 0.3 is 0 Å². The maximum Gasteiger partial charge on any atom is 0.0812 e. The van der Waals surface area contributed by atoms with E-state index in [1.165, 1.54) is 5.56 Å². The van der Waals surface area contributed by atoms with E-state index in [0.29, 0.717) is 6.54 Å². The SMILES string of the molecule is C1=NCc2[nH]ncc2-c2ccccc21. The molecule has 0 radical (unpaired) electrons. The third-order valence-corrected chi connectivity index (χ3v) is 2.45. The molecule has 0 amide bonds. The van der Waals surface area contributed by atoms with Gasteiger partial charge in [-0.2, -0.15) is 5.10 Å². The summed E-state index contributed by atoms with van der Waals surface area (Å²) in [4.78, 5) is 4.33. The van der Waals surface area contributed by atoms with Crippen LogP contribution in [0, 0.1) is 0 Å². The molecule has 0 saturated carbocycles. The summed E-state index contributed by atoms with van der Waals surface area (Å²) in [6.07, 6.45) is 3.78. The molecule has 0 atom stereocenters. The lowest BCUT2D eigenvalue weighted by Crippen LogP contribution is -1.85. The lowest BCUT2D eigenvalue weighted by atomic mass is 10.0. The van der Waals surface area contributed by atoms with E-state index in [-0.39, 0.29) is 0 Å². The normalized spacial score (nSPS) is 13.1. The van der Waals surface area contributed by atoms with Crippen LogP contribution in [0.4, 0.5) is 0 Å². The number of aromatic amines is 1. The molecule has 0 bridgehead atoms. The lowest BCUT2D eigenvalue weighted by Gasteiger charge is -2.01. The van der Waals surface area contributed by atoms with E-state index in [2.05, 4.69) is 27.3 Å². The fourth-order valence-electron chi connectivity index (χ4n) is 1.76. The molecular weight excluding hydrogens is 174 g/mol. The van der Waals surface area contributed by atoms with Crippen molar-refractivity contribution in [1.82, 2.24) is 10.2 Å². The number of H-pyrrole nitrogens is 1. The zero-order valence-corrected chi connectivity index (χ0v) is 7.57. The highest BCUT2D eigenvalue weighted by atomic mass is 15.1. The third-order valence-electron chi connectivity index (χ3n) is 2.45. The molecule has 3 rings (SSSR count). The van der Waals surface area contributed by atoms with Crippen molar-refractivity contribution in [3.8, 4) is 11.1 Å². The Morgan fingerprint density at radius 3 is 3.07 bits per heavy atom. The monoisotopic (exact) mass is 183 g/mol. The topological polar surface area (TPSA) is 41.0 Å². The first-order chi connectivity index (χ1) is 6.95. The van der Waals surface area contributed by atoms with Crippen LogP contribution in [0.15, 0.2) is 35.5 Å². The van der Waals surface area contributed by atoms with E-state index < -0.39 is 0 Å². The minimum Gasteiger partial charge on any atom is -0.286 e. The van der Waals surface area contributed by atoms with Crippen molar-refractivity contribution in [1.29, 1.82) is 0 Å². The first-order valence-corrected chi connectivity index (χ1v) is 4.56. The number of nitrogens with zero attached hydrogens (tertiary/aromatic N) is 2. The molecule has 0 unspecified atom stereocenters. The highest BCUT2D eigenvalue weighted by Crippen LogP contribution is 2.27. The van der Waals surface area contributed by atoms with Crippen LogP contribution in [-0.4, -0.2) is 16.4 Å². The molecular formula is C11H9N3. The minimum absolute atomic E-state index is 0.685. The average molecular weight is 183 g/mol. The van der Waals surface area contributed by atoms with Gasteiger partial charge < -0.3 is 0 Å². The van der Waals surface area contributed by atoms with Gasteiger partial charge in [-0.25, -0.2) is 0 Å². The van der Waals surface area contributed by atoms with Crippen molar-refractivity contribution in [2.75, 3.05) is 0 Å². The fraction of sp³-hybridized carbons (Fsp3) is 0.0909. The van der Waals surface area contributed by atoms with Crippen LogP contribution in [0.1, 0.15) is 11.3 Å². The van der Waals surface area contributed by atoms with Gasteiger partial charge in [0.05, 0.1) is 18.4 Å². The molecule has 1 N–H and O–H groups in total. The first kappa shape index (κ1) is 7.50. The van der Waals surface area contributed by atoms with Gasteiger partial charge in [-0.15, -0.1) is 0 Å². The Labute approximate surface area is 81.5 Å². The number of hydrogen-bond donors (Lipinski definition) is 1. The van der Waals surface area contributed by atoms with Crippen LogP contribution in [0.3, 0.4) is 0 Å². The van der Waals surface area contributed by atoms with Crippen LogP contribution >= 0.6 is 0 Å². The van der Waals surface area contributed by atoms with Crippen molar-refractivity contribution >= 4 is 6.21 Å². The number of aromatic nitrogens is 2. The molecule has 3 nitrogen and oxygen atoms in total. The molecule has 0 aliphatic carbocycles. The Balaban J connectivity index is 2.34. The molecule has 0 saturated heterocycles. The molecule has 14 heavy (non-hydrogen) atoms. The van der Waals surface area contributed by atoms with E-state index in [1.54, 1.807) is 0 Å². The minimum atomic E-state index is 0.685. The molecule has 2 aromatic rings. The lowest BCUT2D eigenvalue weighted by molar-refractivity contribution is 0.954. The van der Waals surface area contributed by atoms with Crippen molar-refractivity contribution < 1.29 is 0 Å². The third kappa shape index (κ3) is 0.988. The summed E-state index contributed by atoms with van der Waals surface area (Å²) in [5, 5.41) is 7.02. The van der Waals surface area contributed by atoms with Crippen molar-refractivity contribution in [3.05, 3.63) is 41.7 Å². The van der Waals surface area contributed by atoms with E-state index in [1.807, 2.05) is 24.5 Å². The van der Waals surface area contributed by atoms with Crippen molar-refractivity contribution in [2.24, 2.45) is 4.99 Å². The van der Waals surface area contributed by atoms with Crippen LogP contribution in [0.2, 0.25) is 0 Å². The van der Waals surface area contributed by atoms with E-state index >= 15 is 0 Å². The highest BCUT2D eigenvalue weighted by molar-refractivity contribution is 5.91. The molecule has 0 spiro atoms. The molecule has 0 fully saturated rings. The maximum atomic E-state index is 4.33. The summed E-state index contributed by atoms with van der Waals surface area (Å²) in [5.41, 5.74) is 4.62. The molecule has 1 aliphatic heterocycles. The zero-order valence-electron chi connectivity index (χ0n) is 7.57. The van der Waals surface area contributed by atoms with Gasteiger partial charge in [0.25, 0.3) is 0 Å². The maximum absolute atomic E-state index is 4.33. The van der Waals surface area contributed by atoms with Gasteiger partial charge in [-0.3, -0.25) is 10.1 Å². The summed E-state index contributed by atoms with van der Waals surface area (Å²) >= 11 is 0. The number of hydrogen-bond acceptors (Lipinski definition) is 2. The molecule has 1 aromatic carbocycles. The first-order valence-electron chi connectivity index (χ1n) is 4.56. The number of rotatable bonds is 0. The second kappa shape index (κ2) is 2.80. The molecule has 3 heteroatoms. The summed E-state index contributed by atoms with van der Waals surface area (Å²) < 4.78 is 0. The van der Waals surface area contributed by atoms with Gasteiger partial charge in [0, 0.05) is 17.3 Å². The van der Waals surface area contributed by atoms with Gasteiger partial charge in [0.2, 0.25) is 0 Å². The molecule has 1 aromatic heterocycles. The van der Waals surface area contributed by atoms with E-state index in [9.17, 15) is 0 Å². The number of benzene rings is 1. The summed E-state index contributed by atoms with van der Waals surface area (Å²) in [6, 6.07) is 8.23. The second-order valence-electron chi connectivity index (χ2n) is 3.32.